The Morgan fingerprint density at radius 3 is 2.57 bits per heavy atom. The van der Waals surface area contributed by atoms with Gasteiger partial charge in [-0.3, -0.25) is 24.6 Å². The first-order chi connectivity index (χ1) is 14.6. The van der Waals surface area contributed by atoms with Crippen LogP contribution in [-0.4, -0.2) is 72.8 Å². The van der Waals surface area contributed by atoms with Gasteiger partial charge < -0.3 is 15.5 Å². The highest BCUT2D eigenvalue weighted by Crippen LogP contribution is 2.30. The number of nitrogens with zero attached hydrogens (tertiary/aromatic N) is 3. The van der Waals surface area contributed by atoms with Crippen LogP contribution in [0.25, 0.3) is 0 Å². The topological polar surface area (TPSA) is 99.0 Å². The maximum absolute atomic E-state index is 12.8. The molecule has 8 nitrogen and oxygen atoms in total. The highest BCUT2D eigenvalue weighted by molar-refractivity contribution is 6.05. The van der Waals surface area contributed by atoms with Crippen molar-refractivity contribution in [3.63, 3.8) is 0 Å². The summed E-state index contributed by atoms with van der Waals surface area (Å²) in [6, 6.07) is 5.43. The number of carbonyl (C=O) groups is 3. The Labute approximate surface area is 177 Å². The number of nitrogens with one attached hydrogen (secondary N) is 1. The van der Waals surface area contributed by atoms with Gasteiger partial charge >= 0.3 is 0 Å². The number of fused-ring (bicyclic) bond motifs is 1. The summed E-state index contributed by atoms with van der Waals surface area (Å²) in [4.78, 5) is 42.9. The molecule has 0 bridgehead atoms. The monoisotopic (exact) mass is 413 g/mol. The Balaban J connectivity index is 1.35. The summed E-state index contributed by atoms with van der Waals surface area (Å²) in [5.41, 5.74) is 8.33. The maximum Gasteiger partial charge on any atom is 0.255 e. The van der Waals surface area contributed by atoms with Crippen molar-refractivity contribution >= 4 is 23.4 Å². The second kappa shape index (κ2) is 9.14. The van der Waals surface area contributed by atoms with Crippen LogP contribution in [0.5, 0.6) is 0 Å². The number of piperazine rings is 1. The molecule has 3 heterocycles. The Morgan fingerprint density at radius 2 is 1.83 bits per heavy atom. The van der Waals surface area contributed by atoms with E-state index in [0.717, 1.165) is 56.9 Å². The third-order valence-electron chi connectivity index (χ3n) is 6.42. The maximum atomic E-state index is 12.8. The molecule has 0 radical (unpaired) electrons. The summed E-state index contributed by atoms with van der Waals surface area (Å²) in [6.45, 7) is 6.36. The van der Waals surface area contributed by atoms with Crippen molar-refractivity contribution in [2.75, 3.05) is 44.2 Å². The zero-order valence-corrected chi connectivity index (χ0v) is 17.4. The van der Waals surface area contributed by atoms with Gasteiger partial charge in [-0.1, -0.05) is 6.42 Å². The van der Waals surface area contributed by atoms with E-state index < -0.39 is 6.04 Å². The third kappa shape index (κ3) is 4.34. The van der Waals surface area contributed by atoms with Crippen molar-refractivity contribution in [2.45, 2.75) is 44.7 Å². The summed E-state index contributed by atoms with van der Waals surface area (Å²) in [7, 11) is 0. The van der Waals surface area contributed by atoms with Gasteiger partial charge in [0.15, 0.2) is 0 Å². The lowest BCUT2D eigenvalue weighted by molar-refractivity contribution is -0.136. The molecule has 0 saturated carbocycles. The van der Waals surface area contributed by atoms with Crippen LogP contribution in [0.1, 0.15) is 48.0 Å². The molecule has 0 spiro atoms. The molecule has 2 saturated heterocycles. The molecule has 3 aliphatic rings. The fourth-order valence-corrected chi connectivity index (χ4v) is 4.64. The Hall–Kier alpha value is -2.45. The standard InChI is InChI=1S/C22H31N5O3/c23-8-2-1-3-9-25-10-12-26(13-11-25)17-4-5-18-16(14-17)15-27(22(18)30)19-6-7-20(28)24-21(19)29/h4-5,14,19H,1-3,6-13,15,23H2,(H,24,28,29). The molecule has 3 amide bonds. The number of imide groups is 1. The summed E-state index contributed by atoms with van der Waals surface area (Å²) in [5, 5.41) is 2.35. The van der Waals surface area contributed by atoms with E-state index in [0.29, 0.717) is 18.5 Å². The number of anilines is 1. The Kier molecular flexibility index (Phi) is 6.34. The molecule has 30 heavy (non-hydrogen) atoms. The van der Waals surface area contributed by atoms with Gasteiger partial charge in [0.2, 0.25) is 11.8 Å². The molecule has 0 aliphatic carbocycles. The van der Waals surface area contributed by atoms with Crippen molar-refractivity contribution in [3.05, 3.63) is 29.3 Å². The van der Waals surface area contributed by atoms with Crippen LogP contribution in [0.3, 0.4) is 0 Å². The van der Waals surface area contributed by atoms with Gasteiger partial charge in [-0.05, 0) is 56.1 Å². The number of unbranched alkanes of at least 4 members (excludes halogenated alkanes) is 2. The normalized spacial score (nSPS) is 22.4. The van der Waals surface area contributed by atoms with Gasteiger partial charge in [0, 0.05) is 50.4 Å². The van der Waals surface area contributed by atoms with E-state index in [-0.39, 0.29) is 24.1 Å². The van der Waals surface area contributed by atoms with Gasteiger partial charge in [-0.15, -0.1) is 0 Å². The molecule has 1 atom stereocenters. The van der Waals surface area contributed by atoms with Crippen molar-refractivity contribution in [3.8, 4) is 0 Å². The molecule has 3 N–H and O–H groups in total. The predicted octanol–water partition coefficient (Wildman–Crippen LogP) is 0.699. The number of hydrogen-bond donors (Lipinski definition) is 2. The lowest BCUT2D eigenvalue weighted by Gasteiger charge is -2.36. The summed E-state index contributed by atoms with van der Waals surface area (Å²) in [6.07, 6.45) is 4.17. The van der Waals surface area contributed by atoms with Crippen LogP contribution in [0.4, 0.5) is 5.69 Å². The number of benzene rings is 1. The van der Waals surface area contributed by atoms with Gasteiger partial charge in [-0.25, -0.2) is 0 Å². The quantitative estimate of drug-likeness (QED) is 0.504. The SMILES string of the molecule is NCCCCCN1CCN(c2ccc3c(c2)CN(C2CCC(=O)NC2=O)C3=O)CC1. The Morgan fingerprint density at radius 1 is 1.03 bits per heavy atom. The first kappa shape index (κ1) is 20.8. The van der Waals surface area contributed by atoms with E-state index >= 15 is 0 Å². The fourth-order valence-electron chi connectivity index (χ4n) is 4.64. The zero-order chi connectivity index (χ0) is 21.1. The van der Waals surface area contributed by atoms with Crippen molar-refractivity contribution < 1.29 is 14.4 Å². The van der Waals surface area contributed by atoms with E-state index in [4.69, 9.17) is 5.73 Å². The van der Waals surface area contributed by atoms with Crippen LogP contribution in [0, 0.1) is 0 Å². The first-order valence-electron chi connectivity index (χ1n) is 11.0. The lowest BCUT2D eigenvalue weighted by atomic mass is 10.0. The van der Waals surface area contributed by atoms with E-state index in [1.54, 1.807) is 4.90 Å². The molecule has 1 aromatic carbocycles. The molecule has 162 valence electrons. The number of amides is 3. The van der Waals surface area contributed by atoms with Crippen LogP contribution < -0.4 is 16.0 Å². The van der Waals surface area contributed by atoms with Crippen LogP contribution in [0.2, 0.25) is 0 Å². The molecule has 0 aromatic heterocycles. The molecule has 1 unspecified atom stereocenters. The minimum absolute atomic E-state index is 0.117. The fraction of sp³-hybridized carbons (Fsp3) is 0.591. The zero-order valence-electron chi connectivity index (χ0n) is 17.4. The minimum atomic E-state index is -0.561. The number of nitrogens with two attached hydrogens (primary N) is 1. The lowest BCUT2D eigenvalue weighted by Crippen LogP contribution is -2.52. The van der Waals surface area contributed by atoms with Crippen molar-refractivity contribution in [2.24, 2.45) is 5.73 Å². The molecule has 1 aromatic rings. The van der Waals surface area contributed by atoms with Crippen LogP contribution >= 0.6 is 0 Å². The number of rotatable bonds is 7. The molecule has 2 fully saturated rings. The van der Waals surface area contributed by atoms with Crippen molar-refractivity contribution in [1.82, 2.24) is 15.1 Å². The molecule has 8 heteroatoms. The van der Waals surface area contributed by atoms with Crippen molar-refractivity contribution in [1.29, 1.82) is 0 Å². The van der Waals surface area contributed by atoms with Crippen LogP contribution in [-0.2, 0) is 16.1 Å². The molecule has 4 rings (SSSR count). The van der Waals surface area contributed by atoms with Crippen LogP contribution in [0.15, 0.2) is 18.2 Å². The second-order valence-corrected chi connectivity index (χ2v) is 8.42. The average Bonchev–Trinajstić information content (AvgIpc) is 3.07. The Bertz CT molecular complexity index is 819. The molecule has 3 aliphatic heterocycles. The summed E-state index contributed by atoms with van der Waals surface area (Å²) in [5.74, 6) is -0.746. The van der Waals surface area contributed by atoms with E-state index in [9.17, 15) is 14.4 Å². The highest BCUT2D eigenvalue weighted by Gasteiger charge is 2.39. The average molecular weight is 414 g/mol. The van der Waals surface area contributed by atoms with E-state index in [2.05, 4.69) is 21.2 Å². The van der Waals surface area contributed by atoms with E-state index in [1.165, 1.54) is 12.8 Å². The van der Waals surface area contributed by atoms with Gasteiger partial charge in [0.05, 0.1) is 0 Å². The second-order valence-electron chi connectivity index (χ2n) is 8.42. The summed E-state index contributed by atoms with van der Waals surface area (Å²) < 4.78 is 0. The number of hydrogen-bond acceptors (Lipinski definition) is 6. The van der Waals surface area contributed by atoms with Gasteiger partial charge in [-0.2, -0.15) is 0 Å². The predicted molar refractivity (Wildman–Crippen MR) is 114 cm³/mol. The minimum Gasteiger partial charge on any atom is -0.369 e. The molecular weight excluding hydrogens is 382 g/mol. The van der Waals surface area contributed by atoms with E-state index in [1.807, 2.05) is 12.1 Å². The number of piperidine rings is 1. The third-order valence-corrected chi connectivity index (χ3v) is 6.42. The van der Waals surface area contributed by atoms with Gasteiger partial charge in [0.1, 0.15) is 6.04 Å². The first-order valence-corrected chi connectivity index (χ1v) is 11.0. The number of carbonyl (C=O) groups excluding carboxylic acids is 3. The smallest absolute Gasteiger partial charge is 0.255 e. The van der Waals surface area contributed by atoms with Gasteiger partial charge in [0.25, 0.3) is 5.91 Å². The summed E-state index contributed by atoms with van der Waals surface area (Å²) >= 11 is 0. The molecular formula is C22H31N5O3. The highest BCUT2D eigenvalue weighted by atomic mass is 16.2. The largest absolute Gasteiger partial charge is 0.369 e.